The van der Waals surface area contributed by atoms with Crippen LogP contribution >= 0.6 is 0 Å². The minimum Gasteiger partial charge on any atom is -0.382 e. The van der Waals surface area contributed by atoms with Crippen LogP contribution in [-0.2, 0) is 19.4 Å². The maximum Gasteiger partial charge on any atom is 0.224 e. The quantitative estimate of drug-likeness (QED) is 0.580. The zero-order valence-electron chi connectivity index (χ0n) is 14.3. The number of fused-ring (bicyclic) bond motifs is 1. The zero-order valence-corrected chi connectivity index (χ0v) is 14.3. The molecule has 0 aliphatic rings. The van der Waals surface area contributed by atoms with Crippen molar-refractivity contribution in [2.75, 3.05) is 11.5 Å². The van der Waals surface area contributed by atoms with E-state index in [0.29, 0.717) is 23.4 Å². The van der Waals surface area contributed by atoms with Gasteiger partial charge in [-0.2, -0.15) is 9.97 Å². The predicted molar refractivity (Wildman–Crippen MR) is 104 cm³/mol. The molecular formula is C20H20N6. The normalized spacial score (nSPS) is 11.1. The summed E-state index contributed by atoms with van der Waals surface area (Å²) < 4.78 is 2.10. The number of imidazole rings is 1. The Morgan fingerprint density at radius 2 is 1.42 bits per heavy atom. The van der Waals surface area contributed by atoms with Crippen LogP contribution in [0.15, 0.2) is 60.7 Å². The van der Waals surface area contributed by atoms with Gasteiger partial charge < -0.3 is 16.0 Å². The second kappa shape index (κ2) is 6.84. The lowest BCUT2D eigenvalue weighted by atomic mass is 10.1. The summed E-state index contributed by atoms with van der Waals surface area (Å²) in [5.41, 5.74) is 15.6. The SMILES string of the molecule is Nc1nc(N)c2nc(Cc3ccccc3)n(CCc3ccccc3)c2n1. The molecule has 0 bridgehead atoms. The van der Waals surface area contributed by atoms with Crippen molar-refractivity contribution < 1.29 is 0 Å². The first kappa shape index (κ1) is 16.1. The van der Waals surface area contributed by atoms with Crippen molar-refractivity contribution in [2.24, 2.45) is 0 Å². The van der Waals surface area contributed by atoms with E-state index in [-0.39, 0.29) is 5.95 Å². The van der Waals surface area contributed by atoms with E-state index in [0.717, 1.165) is 18.8 Å². The molecule has 6 heteroatoms. The van der Waals surface area contributed by atoms with Crippen LogP contribution in [0.5, 0.6) is 0 Å². The van der Waals surface area contributed by atoms with E-state index in [1.165, 1.54) is 11.1 Å². The average Bonchev–Trinajstić information content (AvgIpc) is 2.99. The second-order valence-electron chi connectivity index (χ2n) is 6.22. The molecule has 0 spiro atoms. The smallest absolute Gasteiger partial charge is 0.224 e. The molecule has 130 valence electrons. The summed E-state index contributed by atoms with van der Waals surface area (Å²) in [5.74, 6) is 1.40. The van der Waals surface area contributed by atoms with Crippen LogP contribution < -0.4 is 11.5 Å². The van der Waals surface area contributed by atoms with Gasteiger partial charge in [0.25, 0.3) is 0 Å². The third-order valence-electron chi connectivity index (χ3n) is 4.39. The monoisotopic (exact) mass is 344 g/mol. The molecule has 0 saturated heterocycles. The predicted octanol–water partition coefficient (Wildman–Crippen LogP) is 2.82. The van der Waals surface area contributed by atoms with E-state index in [9.17, 15) is 0 Å². The van der Waals surface area contributed by atoms with Gasteiger partial charge in [0.2, 0.25) is 5.95 Å². The molecule has 0 fully saturated rings. The molecule has 4 N–H and O–H groups in total. The van der Waals surface area contributed by atoms with Gasteiger partial charge >= 0.3 is 0 Å². The summed E-state index contributed by atoms with van der Waals surface area (Å²) in [6.07, 6.45) is 1.57. The number of nitrogens with two attached hydrogens (primary N) is 2. The average molecular weight is 344 g/mol. The fourth-order valence-electron chi connectivity index (χ4n) is 3.12. The largest absolute Gasteiger partial charge is 0.382 e. The van der Waals surface area contributed by atoms with Gasteiger partial charge in [0.05, 0.1) is 0 Å². The number of nitrogens with zero attached hydrogens (tertiary/aromatic N) is 4. The first-order valence-electron chi connectivity index (χ1n) is 8.56. The summed E-state index contributed by atoms with van der Waals surface area (Å²) in [5, 5.41) is 0. The Bertz CT molecular complexity index is 1020. The summed E-state index contributed by atoms with van der Waals surface area (Å²) >= 11 is 0. The molecule has 4 rings (SSSR count). The van der Waals surface area contributed by atoms with Gasteiger partial charge in [0.15, 0.2) is 17.0 Å². The van der Waals surface area contributed by atoms with Gasteiger partial charge in [-0.1, -0.05) is 60.7 Å². The van der Waals surface area contributed by atoms with Gasteiger partial charge in [0, 0.05) is 13.0 Å². The summed E-state index contributed by atoms with van der Waals surface area (Å²) in [7, 11) is 0. The molecule has 4 aromatic rings. The Morgan fingerprint density at radius 1 is 0.769 bits per heavy atom. The molecular weight excluding hydrogens is 324 g/mol. The fraction of sp³-hybridized carbons (Fsp3) is 0.150. The number of nitrogen functional groups attached to an aromatic ring is 2. The maximum absolute atomic E-state index is 6.03. The number of aryl methyl sites for hydroxylation is 2. The van der Waals surface area contributed by atoms with E-state index in [4.69, 9.17) is 16.5 Å². The molecule has 2 heterocycles. The number of benzene rings is 2. The third kappa shape index (κ3) is 3.21. The van der Waals surface area contributed by atoms with Gasteiger partial charge in [-0.15, -0.1) is 0 Å². The van der Waals surface area contributed by atoms with E-state index in [1.807, 2.05) is 36.4 Å². The highest BCUT2D eigenvalue weighted by molar-refractivity contribution is 5.83. The summed E-state index contributed by atoms with van der Waals surface area (Å²) in [6.45, 7) is 0.749. The first-order chi connectivity index (χ1) is 12.7. The van der Waals surface area contributed by atoms with Crippen LogP contribution in [0.4, 0.5) is 11.8 Å². The Morgan fingerprint density at radius 3 is 2.12 bits per heavy atom. The Labute approximate surface area is 151 Å². The lowest BCUT2D eigenvalue weighted by Gasteiger charge is -2.09. The molecule has 2 aromatic heterocycles. The number of hydrogen-bond acceptors (Lipinski definition) is 5. The minimum absolute atomic E-state index is 0.169. The minimum atomic E-state index is 0.169. The number of anilines is 2. The highest BCUT2D eigenvalue weighted by atomic mass is 15.2. The van der Waals surface area contributed by atoms with Gasteiger partial charge in [-0.3, -0.25) is 0 Å². The summed E-state index contributed by atoms with van der Waals surface area (Å²) in [4.78, 5) is 13.2. The molecule has 0 aliphatic heterocycles. The molecule has 6 nitrogen and oxygen atoms in total. The van der Waals surface area contributed by atoms with Crippen molar-refractivity contribution in [1.82, 2.24) is 19.5 Å². The first-order valence-corrected chi connectivity index (χ1v) is 8.56. The van der Waals surface area contributed by atoms with Crippen LogP contribution in [0.1, 0.15) is 17.0 Å². The van der Waals surface area contributed by atoms with Gasteiger partial charge in [-0.05, 0) is 17.5 Å². The van der Waals surface area contributed by atoms with Crippen molar-refractivity contribution in [3.63, 3.8) is 0 Å². The lowest BCUT2D eigenvalue weighted by molar-refractivity contribution is 0.674. The van der Waals surface area contributed by atoms with Crippen molar-refractivity contribution in [1.29, 1.82) is 0 Å². The molecule has 0 saturated carbocycles. The molecule has 26 heavy (non-hydrogen) atoms. The van der Waals surface area contributed by atoms with Gasteiger partial charge in [-0.25, -0.2) is 4.98 Å². The van der Waals surface area contributed by atoms with E-state index >= 15 is 0 Å². The van der Waals surface area contributed by atoms with E-state index in [2.05, 4.69) is 38.8 Å². The van der Waals surface area contributed by atoms with Crippen molar-refractivity contribution in [3.05, 3.63) is 77.6 Å². The summed E-state index contributed by atoms with van der Waals surface area (Å²) in [6, 6.07) is 20.6. The van der Waals surface area contributed by atoms with E-state index < -0.39 is 0 Å². The molecule has 0 radical (unpaired) electrons. The van der Waals surface area contributed by atoms with Crippen LogP contribution in [0.25, 0.3) is 11.2 Å². The van der Waals surface area contributed by atoms with E-state index in [1.54, 1.807) is 0 Å². The van der Waals surface area contributed by atoms with Crippen molar-refractivity contribution >= 4 is 22.9 Å². The zero-order chi connectivity index (χ0) is 17.9. The Balaban J connectivity index is 1.75. The van der Waals surface area contributed by atoms with Gasteiger partial charge in [0.1, 0.15) is 5.82 Å². The Hall–Kier alpha value is -3.41. The maximum atomic E-state index is 6.03. The molecule has 0 amide bonds. The highest BCUT2D eigenvalue weighted by Crippen LogP contribution is 2.22. The fourth-order valence-corrected chi connectivity index (χ4v) is 3.12. The lowest BCUT2D eigenvalue weighted by Crippen LogP contribution is -2.09. The third-order valence-corrected chi connectivity index (χ3v) is 4.39. The Kier molecular flexibility index (Phi) is 4.23. The second-order valence-corrected chi connectivity index (χ2v) is 6.22. The molecule has 0 aliphatic carbocycles. The van der Waals surface area contributed by atoms with Crippen LogP contribution in [0, 0.1) is 0 Å². The molecule has 2 aromatic carbocycles. The molecule has 0 atom stereocenters. The number of aromatic nitrogens is 4. The van der Waals surface area contributed by atoms with Crippen molar-refractivity contribution in [2.45, 2.75) is 19.4 Å². The van der Waals surface area contributed by atoms with Crippen molar-refractivity contribution in [3.8, 4) is 0 Å². The number of hydrogen-bond donors (Lipinski definition) is 2. The van der Waals surface area contributed by atoms with Crippen LogP contribution in [-0.4, -0.2) is 19.5 Å². The van der Waals surface area contributed by atoms with Crippen LogP contribution in [0.3, 0.4) is 0 Å². The molecule has 0 unspecified atom stereocenters. The topological polar surface area (TPSA) is 95.6 Å². The van der Waals surface area contributed by atoms with Crippen LogP contribution in [0.2, 0.25) is 0 Å². The highest BCUT2D eigenvalue weighted by Gasteiger charge is 2.16. The standard InChI is InChI=1S/C20H20N6/c21-18-17-19(25-20(22)24-18)26(12-11-14-7-3-1-4-8-14)16(23-17)13-15-9-5-2-6-10-15/h1-10H,11-13H2,(H4,21,22,24,25). The number of rotatable bonds is 5.